The Labute approximate surface area is 100 Å². The highest BCUT2D eigenvalue weighted by Gasteiger charge is 2.09. The lowest BCUT2D eigenvalue weighted by molar-refractivity contribution is -0.117. The van der Waals surface area contributed by atoms with Crippen LogP contribution < -0.4 is 10.6 Å². The van der Waals surface area contributed by atoms with Gasteiger partial charge in [0.1, 0.15) is 17.5 Å². The topological polar surface area (TPSA) is 77.8 Å². The Morgan fingerprint density at radius 2 is 2.29 bits per heavy atom. The van der Waals surface area contributed by atoms with Gasteiger partial charge in [-0.15, -0.1) is 0 Å². The number of nitrogens with one attached hydrogen (secondary N) is 2. The van der Waals surface area contributed by atoms with Crippen molar-refractivity contribution in [1.29, 1.82) is 5.26 Å². The average molecular weight is 230 g/mol. The normalized spacial score (nSPS) is 10.8. The van der Waals surface area contributed by atoms with Crippen LogP contribution in [0.5, 0.6) is 0 Å². The zero-order valence-corrected chi connectivity index (χ0v) is 9.77. The van der Waals surface area contributed by atoms with Gasteiger partial charge in [0.15, 0.2) is 0 Å². The van der Waals surface area contributed by atoms with Gasteiger partial charge in [-0.2, -0.15) is 5.26 Å². The van der Waals surface area contributed by atoms with E-state index in [4.69, 9.17) is 5.26 Å². The van der Waals surface area contributed by atoms with Crippen LogP contribution in [0.4, 0.5) is 5.82 Å². The molecule has 0 bridgehead atoms. The summed E-state index contributed by atoms with van der Waals surface area (Å²) in [4.78, 5) is 15.6. The predicted molar refractivity (Wildman–Crippen MR) is 64.8 cm³/mol. The Kier molecular flexibility index (Phi) is 4.70. The fraction of sp³-hybridized carbons (Fsp3) is 0.250. The zero-order valence-electron chi connectivity index (χ0n) is 9.77. The van der Waals surface area contributed by atoms with Gasteiger partial charge in [0.2, 0.25) is 0 Å². The van der Waals surface area contributed by atoms with E-state index in [0.29, 0.717) is 5.82 Å². The van der Waals surface area contributed by atoms with Gasteiger partial charge >= 0.3 is 0 Å². The van der Waals surface area contributed by atoms with E-state index in [1.165, 1.54) is 6.20 Å². The van der Waals surface area contributed by atoms with Gasteiger partial charge in [-0.25, -0.2) is 4.98 Å². The van der Waals surface area contributed by atoms with Gasteiger partial charge in [0.05, 0.1) is 0 Å². The second-order valence-corrected chi connectivity index (χ2v) is 3.66. The lowest BCUT2D eigenvalue weighted by atomic mass is 10.2. The van der Waals surface area contributed by atoms with Crippen LogP contribution in [0, 0.1) is 11.3 Å². The fourth-order valence-electron chi connectivity index (χ4n) is 1.08. The summed E-state index contributed by atoms with van der Waals surface area (Å²) in [5.41, 5.74) is 0.0179. The number of nitriles is 1. The molecule has 0 atom stereocenters. The Balaban J connectivity index is 2.69. The summed E-state index contributed by atoms with van der Waals surface area (Å²) in [5.74, 6) is 0.184. The third kappa shape index (κ3) is 4.34. The van der Waals surface area contributed by atoms with Crippen molar-refractivity contribution in [2.75, 3.05) is 5.32 Å². The van der Waals surface area contributed by atoms with Crippen LogP contribution in [0.1, 0.15) is 13.8 Å². The standard InChI is InChI=1S/C12H14N4O/c1-9(2)16-12(17)10(7-13)8-15-11-5-3-4-6-14-11/h3-6,8-9H,1-2H3,(H,14,15)(H,16,17)/b10-8-. The molecule has 1 aromatic heterocycles. The van der Waals surface area contributed by atoms with Crippen LogP contribution in [0.25, 0.3) is 0 Å². The first-order valence-corrected chi connectivity index (χ1v) is 5.22. The summed E-state index contributed by atoms with van der Waals surface area (Å²) < 4.78 is 0. The fourth-order valence-corrected chi connectivity index (χ4v) is 1.08. The van der Waals surface area contributed by atoms with E-state index in [2.05, 4.69) is 15.6 Å². The van der Waals surface area contributed by atoms with Crippen LogP contribution in [0.15, 0.2) is 36.2 Å². The molecule has 1 amide bonds. The van der Waals surface area contributed by atoms with Gasteiger partial charge in [0.25, 0.3) is 5.91 Å². The molecule has 0 spiro atoms. The van der Waals surface area contributed by atoms with E-state index in [1.807, 2.05) is 26.0 Å². The molecule has 0 aromatic carbocycles. The van der Waals surface area contributed by atoms with E-state index in [1.54, 1.807) is 18.3 Å². The number of carbonyl (C=O) groups is 1. The number of aromatic nitrogens is 1. The van der Waals surface area contributed by atoms with Gasteiger partial charge < -0.3 is 10.6 Å². The Hall–Kier alpha value is -2.35. The maximum absolute atomic E-state index is 11.5. The van der Waals surface area contributed by atoms with Gasteiger partial charge in [-0.3, -0.25) is 4.79 Å². The zero-order chi connectivity index (χ0) is 12.7. The number of anilines is 1. The number of nitrogens with zero attached hydrogens (tertiary/aromatic N) is 2. The van der Waals surface area contributed by atoms with E-state index in [-0.39, 0.29) is 11.6 Å². The Bertz CT molecular complexity index is 445. The first-order valence-electron chi connectivity index (χ1n) is 5.22. The minimum Gasteiger partial charge on any atom is -0.349 e. The van der Waals surface area contributed by atoms with Crippen molar-refractivity contribution in [3.63, 3.8) is 0 Å². The molecule has 1 aromatic rings. The average Bonchev–Trinajstić information content (AvgIpc) is 2.30. The quantitative estimate of drug-likeness (QED) is 0.605. The third-order valence-corrected chi connectivity index (χ3v) is 1.81. The van der Waals surface area contributed by atoms with E-state index >= 15 is 0 Å². The second-order valence-electron chi connectivity index (χ2n) is 3.66. The Morgan fingerprint density at radius 3 is 2.82 bits per heavy atom. The summed E-state index contributed by atoms with van der Waals surface area (Å²) in [6.45, 7) is 3.66. The first-order chi connectivity index (χ1) is 8.13. The minimum atomic E-state index is -0.397. The summed E-state index contributed by atoms with van der Waals surface area (Å²) in [6.07, 6.45) is 2.97. The van der Waals surface area contributed by atoms with Gasteiger partial charge in [0, 0.05) is 18.4 Å². The SMILES string of the molecule is CC(C)NC(=O)/C(C#N)=C\Nc1ccccn1. The van der Waals surface area contributed by atoms with Crippen LogP contribution in [-0.4, -0.2) is 16.9 Å². The molecule has 0 fully saturated rings. The van der Waals surface area contributed by atoms with Crippen molar-refractivity contribution < 1.29 is 4.79 Å². The summed E-state index contributed by atoms with van der Waals surface area (Å²) in [6, 6.07) is 7.16. The summed E-state index contributed by atoms with van der Waals surface area (Å²) in [7, 11) is 0. The van der Waals surface area contributed by atoms with Crippen molar-refractivity contribution in [3.8, 4) is 6.07 Å². The van der Waals surface area contributed by atoms with E-state index < -0.39 is 5.91 Å². The molecular formula is C12H14N4O. The van der Waals surface area contributed by atoms with Gasteiger partial charge in [-0.1, -0.05) is 6.07 Å². The van der Waals surface area contributed by atoms with Crippen molar-refractivity contribution >= 4 is 11.7 Å². The van der Waals surface area contributed by atoms with Crippen molar-refractivity contribution in [2.24, 2.45) is 0 Å². The molecule has 0 saturated heterocycles. The van der Waals surface area contributed by atoms with Crippen LogP contribution >= 0.6 is 0 Å². The highest BCUT2D eigenvalue weighted by atomic mass is 16.1. The molecule has 0 aliphatic heterocycles. The van der Waals surface area contributed by atoms with Crippen molar-refractivity contribution in [1.82, 2.24) is 10.3 Å². The van der Waals surface area contributed by atoms with Crippen LogP contribution in [-0.2, 0) is 4.79 Å². The monoisotopic (exact) mass is 230 g/mol. The minimum absolute atomic E-state index is 0.00546. The number of rotatable bonds is 4. The predicted octanol–water partition coefficient (Wildman–Crippen LogP) is 1.43. The number of carbonyl (C=O) groups excluding carboxylic acids is 1. The molecule has 1 heterocycles. The number of hydrogen-bond donors (Lipinski definition) is 2. The maximum atomic E-state index is 11.5. The smallest absolute Gasteiger partial charge is 0.263 e. The molecule has 0 saturated carbocycles. The lowest BCUT2D eigenvalue weighted by Crippen LogP contribution is -2.31. The van der Waals surface area contributed by atoms with Crippen molar-refractivity contribution in [3.05, 3.63) is 36.2 Å². The molecule has 17 heavy (non-hydrogen) atoms. The first kappa shape index (κ1) is 12.7. The van der Waals surface area contributed by atoms with E-state index in [0.717, 1.165) is 0 Å². The molecule has 88 valence electrons. The second kappa shape index (κ2) is 6.28. The summed E-state index contributed by atoms with van der Waals surface area (Å²) >= 11 is 0. The number of amides is 1. The molecule has 5 nitrogen and oxygen atoms in total. The lowest BCUT2D eigenvalue weighted by Gasteiger charge is -2.07. The number of hydrogen-bond acceptors (Lipinski definition) is 4. The maximum Gasteiger partial charge on any atom is 0.263 e. The molecular weight excluding hydrogens is 216 g/mol. The van der Waals surface area contributed by atoms with Crippen molar-refractivity contribution in [2.45, 2.75) is 19.9 Å². The van der Waals surface area contributed by atoms with Crippen LogP contribution in [0.2, 0.25) is 0 Å². The van der Waals surface area contributed by atoms with E-state index in [9.17, 15) is 4.79 Å². The highest BCUT2D eigenvalue weighted by molar-refractivity contribution is 5.97. The van der Waals surface area contributed by atoms with Crippen LogP contribution in [0.3, 0.4) is 0 Å². The molecule has 0 unspecified atom stereocenters. The molecule has 0 aliphatic rings. The number of pyridine rings is 1. The molecule has 2 N–H and O–H groups in total. The molecule has 0 radical (unpaired) electrons. The molecule has 0 aliphatic carbocycles. The highest BCUT2D eigenvalue weighted by Crippen LogP contribution is 2.01. The van der Waals surface area contributed by atoms with Gasteiger partial charge in [-0.05, 0) is 26.0 Å². The largest absolute Gasteiger partial charge is 0.349 e. The summed E-state index contributed by atoms with van der Waals surface area (Å²) in [5, 5.41) is 14.3. The Morgan fingerprint density at radius 1 is 1.53 bits per heavy atom. The molecule has 5 heteroatoms. The molecule has 1 rings (SSSR count). The third-order valence-electron chi connectivity index (χ3n) is 1.81.